The number of likely N-dealkylation sites (N-methyl/N-ethyl adjacent to an activating group) is 1. The van der Waals surface area contributed by atoms with Gasteiger partial charge in [0.25, 0.3) is 0 Å². The van der Waals surface area contributed by atoms with Crippen LogP contribution in [0.4, 0.5) is 5.69 Å². The summed E-state index contributed by atoms with van der Waals surface area (Å²) in [5.41, 5.74) is 2.48. The zero-order valence-electron chi connectivity index (χ0n) is 17.8. The van der Waals surface area contributed by atoms with Crippen LogP contribution in [0.5, 0.6) is 5.75 Å². The van der Waals surface area contributed by atoms with E-state index in [9.17, 15) is 0 Å². The fourth-order valence-electron chi connectivity index (χ4n) is 5.75. The van der Waals surface area contributed by atoms with E-state index in [4.69, 9.17) is 9.15 Å². The number of furan rings is 1. The van der Waals surface area contributed by atoms with Crippen molar-refractivity contribution in [3.8, 4) is 5.75 Å². The zero-order valence-corrected chi connectivity index (χ0v) is 17.8. The van der Waals surface area contributed by atoms with Crippen LogP contribution < -0.4 is 9.64 Å². The minimum atomic E-state index is 0.200. The molecular weight excluding hydrogens is 372 g/mol. The van der Waals surface area contributed by atoms with Crippen LogP contribution in [-0.4, -0.2) is 44.2 Å². The van der Waals surface area contributed by atoms with Gasteiger partial charge in [0.05, 0.1) is 25.0 Å². The Hall–Kier alpha value is -2.72. The molecule has 2 aromatic carbocycles. The molecule has 0 N–H and O–H groups in total. The second kappa shape index (κ2) is 8.19. The van der Waals surface area contributed by atoms with Gasteiger partial charge in [-0.1, -0.05) is 42.5 Å². The SMILES string of the molecule is COc1ccccc1N(C)[C@@H]1C2CCN(CC2)[C@@H]1[C@@H](c1ccccc1)c1ccco1. The van der Waals surface area contributed by atoms with Crippen molar-refractivity contribution in [3.63, 3.8) is 0 Å². The summed E-state index contributed by atoms with van der Waals surface area (Å²) in [6, 6.07) is 24.1. The first-order valence-electron chi connectivity index (χ1n) is 11.0. The van der Waals surface area contributed by atoms with E-state index >= 15 is 0 Å². The molecule has 0 spiro atoms. The van der Waals surface area contributed by atoms with E-state index in [1.165, 1.54) is 18.4 Å². The Kier molecular flexibility index (Phi) is 5.26. The Balaban J connectivity index is 1.60. The summed E-state index contributed by atoms with van der Waals surface area (Å²) in [7, 11) is 4.00. The van der Waals surface area contributed by atoms with Crippen molar-refractivity contribution in [2.75, 3.05) is 32.1 Å². The third kappa shape index (κ3) is 3.29. The molecule has 0 unspecified atom stereocenters. The van der Waals surface area contributed by atoms with Crippen LogP contribution in [0.2, 0.25) is 0 Å². The molecule has 3 atom stereocenters. The van der Waals surface area contributed by atoms with Crippen LogP contribution in [0.25, 0.3) is 0 Å². The summed E-state index contributed by atoms with van der Waals surface area (Å²) in [6.07, 6.45) is 4.31. The van der Waals surface area contributed by atoms with E-state index < -0.39 is 0 Å². The minimum absolute atomic E-state index is 0.200. The predicted molar refractivity (Wildman–Crippen MR) is 120 cm³/mol. The number of para-hydroxylation sites is 2. The molecule has 0 amide bonds. The summed E-state index contributed by atoms with van der Waals surface area (Å²) < 4.78 is 11.7. The molecule has 1 aromatic heterocycles. The van der Waals surface area contributed by atoms with Gasteiger partial charge in [0.15, 0.2) is 0 Å². The molecular formula is C26H30N2O2. The number of hydrogen-bond donors (Lipinski definition) is 0. The van der Waals surface area contributed by atoms with Crippen LogP contribution in [0, 0.1) is 5.92 Å². The van der Waals surface area contributed by atoms with E-state index in [1.807, 2.05) is 12.1 Å². The first kappa shape index (κ1) is 19.3. The first-order valence-corrected chi connectivity index (χ1v) is 11.0. The number of ether oxygens (including phenoxy) is 1. The van der Waals surface area contributed by atoms with Gasteiger partial charge in [0, 0.05) is 19.1 Å². The molecule has 0 aliphatic carbocycles. The lowest BCUT2D eigenvalue weighted by Crippen LogP contribution is -2.65. The van der Waals surface area contributed by atoms with E-state index in [2.05, 4.69) is 71.4 Å². The molecule has 0 saturated carbocycles. The Morgan fingerprint density at radius 1 is 0.967 bits per heavy atom. The predicted octanol–water partition coefficient (Wildman–Crippen LogP) is 5.02. The highest BCUT2D eigenvalue weighted by atomic mass is 16.5. The van der Waals surface area contributed by atoms with Crippen LogP contribution in [0.15, 0.2) is 77.4 Å². The van der Waals surface area contributed by atoms with Gasteiger partial charge in [-0.3, -0.25) is 4.90 Å². The molecule has 4 heteroatoms. The summed E-state index contributed by atoms with van der Waals surface area (Å²) in [6.45, 7) is 2.32. The normalized spacial score (nSPS) is 26.3. The van der Waals surface area contributed by atoms with Gasteiger partial charge in [0.2, 0.25) is 0 Å². The molecule has 3 saturated heterocycles. The lowest BCUT2D eigenvalue weighted by Gasteiger charge is -2.56. The van der Waals surface area contributed by atoms with E-state index in [-0.39, 0.29) is 5.92 Å². The number of piperidine rings is 3. The van der Waals surface area contributed by atoms with Crippen molar-refractivity contribution in [1.82, 2.24) is 4.90 Å². The lowest BCUT2D eigenvalue weighted by atomic mass is 9.71. The standard InChI is InChI=1S/C26H30N2O2/c1-27(21-11-6-7-12-22(21)29-2)25-20-14-16-28(17-15-20)26(25)24(23-13-8-18-30-23)19-9-4-3-5-10-19/h3-13,18,20,24-26H,14-17H2,1-2H3/t24-,25+,26+/m0/s1. The molecule has 0 radical (unpaired) electrons. The third-order valence-electron chi connectivity index (χ3n) is 7.09. The molecule has 156 valence electrons. The Labute approximate surface area is 179 Å². The van der Waals surface area contributed by atoms with Crippen molar-refractivity contribution >= 4 is 5.69 Å². The van der Waals surface area contributed by atoms with Gasteiger partial charge >= 0.3 is 0 Å². The fourth-order valence-corrected chi connectivity index (χ4v) is 5.75. The van der Waals surface area contributed by atoms with Crippen LogP contribution in [0.3, 0.4) is 0 Å². The van der Waals surface area contributed by atoms with E-state index in [1.54, 1.807) is 13.4 Å². The maximum Gasteiger partial charge on any atom is 0.142 e. The number of anilines is 1. The monoisotopic (exact) mass is 402 g/mol. The number of fused-ring (bicyclic) bond motifs is 3. The summed E-state index contributed by atoms with van der Waals surface area (Å²) >= 11 is 0. The van der Waals surface area contributed by atoms with Crippen molar-refractivity contribution in [1.29, 1.82) is 0 Å². The number of rotatable bonds is 6. The Bertz CT molecular complexity index is 948. The van der Waals surface area contributed by atoms with Crippen molar-refractivity contribution in [3.05, 3.63) is 84.3 Å². The molecule has 3 aliphatic heterocycles. The van der Waals surface area contributed by atoms with E-state index in [0.717, 1.165) is 30.3 Å². The summed E-state index contributed by atoms with van der Waals surface area (Å²) in [5.74, 6) is 2.85. The number of benzene rings is 2. The molecule has 4 heterocycles. The van der Waals surface area contributed by atoms with Gasteiger partial charge in [-0.15, -0.1) is 0 Å². The molecule has 3 fully saturated rings. The average Bonchev–Trinajstić information content (AvgIpc) is 3.34. The van der Waals surface area contributed by atoms with Gasteiger partial charge in [-0.25, -0.2) is 0 Å². The largest absolute Gasteiger partial charge is 0.495 e. The second-order valence-corrected chi connectivity index (χ2v) is 8.54. The Morgan fingerprint density at radius 2 is 1.70 bits per heavy atom. The molecule has 3 aliphatic rings. The smallest absolute Gasteiger partial charge is 0.142 e. The second-order valence-electron chi connectivity index (χ2n) is 8.54. The summed E-state index contributed by atoms with van der Waals surface area (Å²) in [5, 5.41) is 0. The molecule has 3 aromatic rings. The number of hydrogen-bond acceptors (Lipinski definition) is 4. The maximum absolute atomic E-state index is 6.02. The highest BCUT2D eigenvalue weighted by molar-refractivity contribution is 5.59. The van der Waals surface area contributed by atoms with Gasteiger partial charge < -0.3 is 14.1 Å². The third-order valence-corrected chi connectivity index (χ3v) is 7.09. The van der Waals surface area contributed by atoms with Crippen molar-refractivity contribution in [2.45, 2.75) is 30.8 Å². The van der Waals surface area contributed by atoms with Crippen LogP contribution in [0.1, 0.15) is 30.1 Å². The summed E-state index contributed by atoms with van der Waals surface area (Å²) in [4.78, 5) is 5.16. The first-order chi connectivity index (χ1) is 14.8. The van der Waals surface area contributed by atoms with Gasteiger partial charge in [-0.05, 0) is 61.7 Å². The van der Waals surface area contributed by atoms with Crippen LogP contribution >= 0.6 is 0 Å². The lowest BCUT2D eigenvalue weighted by molar-refractivity contribution is 0.0156. The zero-order chi connectivity index (χ0) is 20.5. The fraction of sp³-hybridized carbons (Fsp3) is 0.385. The average molecular weight is 403 g/mol. The quantitative estimate of drug-likeness (QED) is 0.579. The number of methoxy groups -OCH3 is 1. The molecule has 2 bridgehead atoms. The maximum atomic E-state index is 6.02. The van der Waals surface area contributed by atoms with Crippen molar-refractivity contribution < 1.29 is 9.15 Å². The Morgan fingerprint density at radius 3 is 2.40 bits per heavy atom. The van der Waals surface area contributed by atoms with Gasteiger partial charge in [0.1, 0.15) is 11.5 Å². The topological polar surface area (TPSA) is 28.9 Å². The van der Waals surface area contributed by atoms with Crippen LogP contribution in [-0.2, 0) is 0 Å². The number of nitrogens with zero attached hydrogens (tertiary/aromatic N) is 2. The van der Waals surface area contributed by atoms with Crippen molar-refractivity contribution in [2.24, 2.45) is 5.92 Å². The molecule has 4 nitrogen and oxygen atoms in total. The molecule has 30 heavy (non-hydrogen) atoms. The van der Waals surface area contributed by atoms with E-state index in [0.29, 0.717) is 18.0 Å². The minimum Gasteiger partial charge on any atom is -0.495 e. The highest BCUT2D eigenvalue weighted by Crippen LogP contribution is 2.45. The molecule has 6 rings (SSSR count). The van der Waals surface area contributed by atoms with Gasteiger partial charge in [-0.2, -0.15) is 0 Å². The highest BCUT2D eigenvalue weighted by Gasteiger charge is 2.49.